The summed E-state index contributed by atoms with van der Waals surface area (Å²) in [6, 6.07) is 11.3. The molecule has 0 aromatic heterocycles. The van der Waals surface area contributed by atoms with Gasteiger partial charge in [0, 0.05) is 11.4 Å². The molecule has 2 amide bonds. The molecular weight excluding hydrogens is 363 g/mol. The van der Waals surface area contributed by atoms with E-state index in [1.807, 2.05) is 19.1 Å². The van der Waals surface area contributed by atoms with Gasteiger partial charge < -0.3 is 10.2 Å². The van der Waals surface area contributed by atoms with E-state index in [4.69, 9.17) is 0 Å². The fourth-order valence-corrected chi connectivity index (χ4v) is 2.68. The average Bonchev–Trinajstić information content (AvgIpc) is 2.48. The Balaban J connectivity index is 2.16. The second-order valence-electron chi connectivity index (χ2n) is 5.09. The highest BCUT2D eigenvalue weighted by Crippen LogP contribution is 2.24. The molecule has 0 fully saturated rings. The molecule has 0 radical (unpaired) electrons. The molecule has 4 nitrogen and oxygen atoms in total. The number of anilines is 2. The standard InChI is InChI=1S/C17H16BrFN2O2/c1-11-7-8-15(13(18)9-11)20-17(23)10-21(12(2)22)16-6-4-3-5-14(16)19/h3-9H,10H2,1-2H3,(H,20,23). The number of rotatable bonds is 4. The van der Waals surface area contributed by atoms with Crippen LogP contribution in [0.2, 0.25) is 0 Å². The zero-order chi connectivity index (χ0) is 17.0. The summed E-state index contributed by atoms with van der Waals surface area (Å²) < 4.78 is 14.6. The van der Waals surface area contributed by atoms with Crippen LogP contribution in [0.1, 0.15) is 12.5 Å². The third-order valence-electron chi connectivity index (χ3n) is 3.22. The molecule has 0 saturated carbocycles. The van der Waals surface area contributed by atoms with Gasteiger partial charge in [-0.15, -0.1) is 0 Å². The third-order valence-corrected chi connectivity index (χ3v) is 3.88. The Labute approximate surface area is 142 Å². The summed E-state index contributed by atoms with van der Waals surface area (Å²) in [6.07, 6.45) is 0. The SMILES string of the molecule is CC(=O)N(CC(=O)Nc1ccc(C)cc1Br)c1ccccc1F. The Morgan fingerprint density at radius 2 is 1.91 bits per heavy atom. The summed E-state index contributed by atoms with van der Waals surface area (Å²) in [6.45, 7) is 2.96. The Kier molecular flexibility index (Phi) is 5.50. The maximum atomic E-state index is 13.9. The lowest BCUT2D eigenvalue weighted by atomic mass is 10.2. The number of para-hydroxylation sites is 1. The van der Waals surface area contributed by atoms with Crippen LogP contribution in [0.4, 0.5) is 15.8 Å². The van der Waals surface area contributed by atoms with E-state index in [0.717, 1.165) is 14.9 Å². The fourth-order valence-electron chi connectivity index (χ4n) is 2.09. The summed E-state index contributed by atoms with van der Waals surface area (Å²) in [7, 11) is 0. The lowest BCUT2D eigenvalue weighted by Gasteiger charge is -2.21. The van der Waals surface area contributed by atoms with Gasteiger partial charge in [-0.3, -0.25) is 9.59 Å². The lowest BCUT2D eigenvalue weighted by molar-refractivity contribution is -0.120. The van der Waals surface area contributed by atoms with Crippen molar-refractivity contribution in [2.75, 3.05) is 16.8 Å². The zero-order valence-corrected chi connectivity index (χ0v) is 14.4. The summed E-state index contributed by atoms with van der Waals surface area (Å²) in [5.74, 6) is -1.37. The van der Waals surface area contributed by atoms with Crippen LogP contribution < -0.4 is 10.2 Å². The summed E-state index contributed by atoms with van der Waals surface area (Å²) in [5, 5.41) is 2.71. The molecule has 1 N–H and O–H groups in total. The Morgan fingerprint density at radius 3 is 2.52 bits per heavy atom. The molecule has 0 aliphatic carbocycles. The van der Waals surface area contributed by atoms with Gasteiger partial charge in [-0.1, -0.05) is 18.2 Å². The topological polar surface area (TPSA) is 49.4 Å². The Bertz CT molecular complexity index is 749. The molecule has 0 aliphatic heterocycles. The van der Waals surface area contributed by atoms with E-state index in [1.165, 1.54) is 25.1 Å². The first kappa shape index (κ1) is 17.1. The van der Waals surface area contributed by atoms with Gasteiger partial charge in [0.25, 0.3) is 0 Å². The minimum absolute atomic E-state index is 0.0816. The first-order valence-electron chi connectivity index (χ1n) is 6.97. The molecule has 23 heavy (non-hydrogen) atoms. The molecule has 0 spiro atoms. The zero-order valence-electron chi connectivity index (χ0n) is 12.8. The van der Waals surface area contributed by atoms with Crippen LogP contribution in [0.3, 0.4) is 0 Å². The molecular formula is C17H16BrFN2O2. The highest BCUT2D eigenvalue weighted by atomic mass is 79.9. The van der Waals surface area contributed by atoms with Crippen molar-refractivity contribution in [3.63, 3.8) is 0 Å². The van der Waals surface area contributed by atoms with E-state index in [1.54, 1.807) is 12.1 Å². The third kappa shape index (κ3) is 4.39. The van der Waals surface area contributed by atoms with Crippen LogP contribution in [0.15, 0.2) is 46.9 Å². The molecule has 0 saturated heterocycles. The average molecular weight is 379 g/mol. The minimum Gasteiger partial charge on any atom is -0.324 e. The molecule has 2 aromatic rings. The quantitative estimate of drug-likeness (QED) is 0.877. The van der Waals surface area contributed by atoms with Crippen molar-refractivity contribution in [3.05, 3.63) is 58.3 Å². The predicted molar refractivity (Wildman–Crippen MR) is 91.9 cm³/mol. The van der Waals surface area contributed by atoms with E-state index in [9.17, 15) is 14.0 Å². The Hall–Kier alpha value is -2.21. The number of halogens is 2. The maximum Gasteiger partial charge on any atom is 0.244 e. The molecule has 0 unspecified atom stereocenters. The van der Waals surface area contributed by atoms with Gasteiger partial charge >= 0.3 is 0 Å². The van der Waals surface area contributed by atoms with Gasteiger partial charge in [0.15, 0.2) is 0 Å². The lowest BCUT2D eigenvalue weighted by Crippen LogP contribution is -2.37. The number of amides is 2. The Morgan fingerprint density at radius 1 is 1.22 bits per heavy atom. The number of nitrogens with zero attached hydrogens (tertiary/aromatic N) is 1. The van der Waals surface area contributed by atoms with Crippen molar-refractivity contribution < 1.29 is 14.0 Å². The molecule has 6 heteroatoms. The van der Waals surface area contributed by atoms with Gasteiger partial charge in [0.2, 0.25) is 11.8 Å². The summed E-state index contributed by atoms with van der Waals surface area (Å²) in [5.41, 5.74) is 1.72. The fraction of sp³-hybridized carbons (Fsp3) is 0.176. The predicted octanol–water partition coefficient (Wildman–Crippen LogP) is 3.89. The van der Waals surface area contributed by atoms with Gasteiger partial charge in [-0.2, -0.15) is 0 Å². The van der Waals surface area contributed by atoms with E-state index in [-0.39, 0.29) is 12.2 Å². The second kappa shape index (κ2) is 7.37. The number of aryl methyl sites for hydroxylation is 1. The maximum absolute atomic E-state index is 13.9. The highest BCUT2D eigenvalue weighted by molar-refractivity contribution is 9.10. The smallest absolute Gasteiger partial charge is 0.244 e. The first-order chi connectivity index (χ1) is 10.9. The number of nitrogens with one attached hydrogen (secondary N) is 1. The van der Waals surface area contributed by atoms with Gasteiger partial charge in [-0.05, 0) is 52.7 Å². The largest absolute Gasteiger partial charge is 0.324 e. The van der Waals surface area contributed by atoms with E-state index in [0.29, 0.717) is 5.69 Å². The van der Waals surface area contributed by atoms with Crippen molar-refractivity contribution in [1.82, 2.24) is 0 Å². The van der Waals surface area contributed by atoms with E-state index >= 15 is 0 Å². The van der Waals surface area contributed by atoms with Crippen LogP contribution in [-0.2, 0) is 9.59 Å². The van der Waals surface area contributed by atoms with Crippen molar-refractivity contribution in [3.8, 4) is 0 Å². The van der Waals surface area contributed by atoms with Crippen molar-refractivity contribution in [1.29, 1.82) is 0 Å². The number of benzene rings is 2. The molecule has 120 valence electrons. The first-order valence-corrected chi connectivity index (χ1v) is 7.76. The van der Waals surface area contributed by atoms with Crippen LogP contribution in [0.25, 0.3) is 0 Å². The summed E-state index contributed by atoms with van der Waals surface area (Å²) in [4.78, 5) is 25.1. The van der Waals surface area contributed by atoms with Crippen LogP contribution in [0.5, 0.6) is 0 Å². The van der Waals surface area contributed by atoms with Gasteiger partial charge in [0.1, 0.15) is 12.4 Å². The normalized spacial score (nSPS) is 10.3. The number of hydrogen-bond acceptors (Lipinski definition) is 2. The van der Waals surface area contributed by atoms with Crippen molar-refractivity contribution in [2.45, 2.75) is 13.8 Å². The molecule has 0 atom stereocenters. The molecule has 0 bridgehead atoms. The molecule has 0 heterocycles. The van der Waals surface area contributed by atoms with Crippen LogP contribution in [-0.4, -0.2) is 18.4 Å². The minimum atomic E-state index is -0.549. The molecule has 2 aromatic carbocycles. The highest BCUT2D eigenvalue weighted by Gasteiger charge is 2.19. The van der Waals surface area contributed by atoms with Gasteiger partial charge in [-0.25, -0.2) is 4.39 Å². The number of carbonyl (C=O) groups is 2. The second-order valence-corrected chi connectivity index (χ2v) is 5.94. The monoisotopic (exact) mass is 378 g/mol. The van der Waals surface area contributed by atoms with Crippen molar-refractivity contribution in [2.24, 2.45) is 0 Å². The van der Waals surface area contributed by atoms with E-state index < -0.39 is 17.6 Å². The van der Waals surface area contributed by atoms with Crippen molar-refractivity contribution >= 4 is 39.1 Å². The number of carbonyl (C=O) groups excluding carboxylic acids is 2. The van der Waals surface area contributed by atoms with E-state index in [2.05, 4.69) is 21.2 Å². The number of hydrogen-bond donors (Lipinski definition) is 1. The van der Waals surface area contributed by atoms with Crippen LogP contribution >= 0.6 is 15.9 Å². The van der Waals surface area contributed by atoms with Crippen LogP contribution in [0, 0.1) is 12.7 Å². The molecule has 0 aliphatic rings. The molecule has 2 rings (SSSR count). The van der Waals surface area contributed by atoms with Gasteiger partial charge in [0.05, 0.1) is 11.4 Å². The summed E-state index contributed by atoms with van der Waals surface area (Å²) >= 11 is 3.37.